The summed E-state index contributed by atoms with van der Waals surface area (Å²) in [5.74, 6) is 3.33. The molecule has 3 fully saturated rings. The average Bonchev–Trinajstić information content (AvgIpc) is 3.01. The van der Waals surface area contributed by atoms with Gasteiger partial charge in [0.1, 0.15) is 0 Å². The fourth-order valence-corrected chi connectivity index (χ4v) is 6.83. The average molecular weight is 526 g/mol. The molecule has 0 radical (unpaired) electrons. The van der Waals surface area contributed by atoms with Gasteiger partial charge in [0, 0.05) is 18.6 Å². The number of hydrogen-bond acceptors (Lipinski definition) is 3. The van der Waals surface area contributed by atoms with Gasteiger partial charge in [0.2, 0.25) is 0 Å². The molecule has 3 aliphatic rings. The molecule has 28 heavy (non-hydrogen) atoms. The summed E-state index contributed by atoms with van der Waals surface area (Å²) in [5.41, 5.74) is 0. The van der Waals surface area contributed by atoms with E-state index in [1.165, 1.54) is 57.8 Å². The number of aliphatic imine (C=N–C) groups is 1. The molecule has 0 bridgehead atoms. The molecular weight excluding hydrogens is 485 g/mol. The number of nitrogens with one attached hydrogen (secondary N) is 2. The van der Waals surface area contributed by atoms with Gasteiger partial charge in [0.25, 0.3) is 0 Å². The first-order valence-corrected chi connectivity index (χ1v) is 13.0. The predicted molar refractivity (Wildman–Crippen MR) is 128 cm³/mol. The van der Waals surface area contributed by atoms with Crippen LogP contribution in [0.1, 0.15) is 78.1 Å². The molecular formula is C21H40IN3O2S. The monoisotopic (exact) mass is 525 g/mol. The molecule has 5 nitrogen and oxygen atoms in total. The summed E-state index contributed by atoms with van der Waals surface area (Å²) in [4.78, 5) is 4.86. The Balaban J connectivity index is 0.00000280. The maximum Gasteiger partial charge on any atom is 0.191 e. The third-order valence-corrected chi connectivity index (χ3v) is 8.87. The van der Waals surface area contributed by atoms with Crippen LogP contribution < -0.4 is 10.6 Å². The zero-order valence-corrected chi connectivity index (χ0v) is 20.8. The fraction of sp³-hybridized carbons (Fsp3) is 0.952. The molecule has 164 valence electrons. The van der Waals surface area contributed by atoms with E-state index in [2.05, 4.69) is 24.5 Å². The predicted octanol–water partition coefficient (Wildman–Crippen LogP) is 4.12. The van der Waals surface area contributed by atoms with Crippen molar-refractivity contribution >= 4 is 39.8 Å². The van der Waals surface area contributed by atoms with E-state index in [0.29, 0.717) is 36.1 Å². The molecule has 0 aromatic rings. The minimum Gasteiger partial charge on any atom is -0.354 e. The SMILES string of the molecule is CCC1CCC(NC(=NCC2CCS(=O)(=O)C2)NC2CCCCC2C)CC1.I. The van der Waals surface area contributed by atoms with Crippen molar-refractivity contribution in [2.45, 2.75) is 90.1 Å². The summed E-state index contributed by atoms with van der Waals surface area (Å²) in [6.45, 7) is 5.26. The smallest absolute Gasteiger partial charge is 0.191 e. The lowest BCUT2D eigenvalue weighted by Gasteiger charge is -2.34. The van der Waals surface area contributed by atoms with Gasteiger partial charge in [-0.15, -0.1) is 24.0 Å². The van der Waals surface area contributed by atoms with Crippen molar-refractivity contribution in [1.82, 2.24) is 10.6 Å². The molecule has 1 heterocycles. The van der Waals surface area contributed by atoms with Crippen LogP contribution in [0, 0.1) is 17.8 Å². The van der Waals surface area contributed by atoms with Gasteiger partial charge in [-0.05, 0) is 62.7 Å². The second kappa shape index (κ2) is 11.4. The van der Waals surface area contributed by atoms with E-state index in [1.54, 1.807) is 0 Å². The van der Waals surface area contributed by atoms with E-state index in [1.807, 2.05) is 0 Å². The maximum atomic E-state index is 11.7. The summed E-state index contributed by atoms with van der Waals surface area (Å²) < 4.78 is 23.5. The molecule has 3 unspecified atom stereocenters. The molecule has 7 heteroatoms. The van der Waals surface area contributed by atoms with Crippen molar-refractivity contribution in [3.8, 4) is 0 Å². The Hall–Kier alpha value is -0.0500. The largest absolute Gasteiger partial charge is 0.354 e. The Morgan fingerprint density at radius 3 is 2.29 bits per heavy atom. The second-order valence-electron chi connectivity index (χ2n) is 9.24. The van der Waals surface area contributed by atoms with Crippen molar-refractivity contribution < 1.29 is 8.42 Å². The molecule has 1 saturated heterocycles. The van der Waals surface area contributed by atoms with E-state index in [0.717, 1.165) is 18.3 Å². The van der Waals surface area contributed by atoms with E-state index in [-0.39, 0.29) is 29.9 Å². The normalized spacial score (nSPS) is 35.8. The Morgan fingerprint density at radius 1 is 0.964 bits per heavy atom. The standard InChI is InChI=1S/C21H39N3O2S.HI/c1-3-17-8-10-19(11-9-17)23-21(24-20-7-5-4-6-16(20)2)22-14-18-12-13-27(25,26)15-18;/h16-20H,3-15H2,1-2H3,(H2,22,23,24);1H. The molecule has 2 saturated carbocycles. The van der Waals surface area contributed by atoms with Gasteiger partial charge < -0.3 is 10.6 Å². The van der Waals surface area contributed by atoms with Gasteiger partial charge in [-0.25, -0.2) is 8.42 Å². The number of sulfone groups is 1. The molecule has 0 aromatic heterocycles. The van der Waals surface area contributed by atoms with Crippen molar-refractivity contribution in [3.05, 3.63) is 0 Å². The Bertz CT molecular complexity index is 603. The summed E-state index contributed by atoms with van der Waals surface area (Å²) in [7, 11) is -2.83. The molecule has 2 aliphatic carbocycles. The third kappa shape index (κ3) is 7.33. The highest BCUT2D eigenvalue weighted by Crippen LogP contribution is 2.27. The zero-order valence-electron chi connectivity index (χ0n) is 17.7. The van der Waals surface area contributed by atoms with Gasteiger partial charge in [-0.1, -0.05) is 33.1 Å². The second-order valence-corrected chi connectivity index (χ2v) is 11.5. The van der Waals surface area contributed by atoms with Crippen molar-refractivity contribution in [2.24, 2.45) is 22.7 Å². The first-order valence-electron chi connectivity index (χ1n) is 11.2. The minimum atomic E-state index is -2.83. The highest BCUT2D eigenvalue weighted by atomic mass is 127. The Morgan fingerprint density at radius 2 is 1.68 bits per heavy atom. The van der Waals surface area contributed by atoms with Crippen LogP contribution in [0.5, 0.6) is 0 Å². The number of hydrogen-bond donors (Lipinski definition) is 2. The number of guanidine groups is 1. The molecule has 0 spiro atoms. The first kappa shape index (κ1) is 24.2. The number of halogens is 1. The Kier molecular flexibility index (Phi) is 9.84. The van der Waals surface area contributed by atoms with Crippen LogP contribution in [0.4, 0.5) is 0 Å². The molecule has 0 amide bonds. The van der Waals surface area contributed by atoms with Gasteiger partial charge in [0.15, 0.2) is 15.8 Å². The van der Waals surface area contributed by atoms with Gasteiger partial charge in [0.05, 0.1) is 11.5 Å². The highest BCUT2D eigenvalue weighted by molar-refractivity contribution is 14.0. The Labute approximate surface area is 189 Å². The van der Waals surface area contributed by atoms with Crippen LogP contribution in [0.2, 0.25) is 0 Å². The van der Waals surface area contributed by atoms with E-state index in [4.69, 9.17) is 4.99 Å². The van der Waals surface area contributed by atoms with Gasteiger partial charge in [-0.2, -0.15) is 0 Å². The summed E-state index contributed by atoms with van der Waals surface area (Å²) in [6.07, 6.45) is 12.2. The summed E-state index contributed by atoms with van der Waals surface area (Å²) in [6, 6.07) is 0.995. The first-order chi connectivity index (χ1) is 12.9. The number of nitrogens with zero attached hydrogens (tertiary/aromatic N) is 1. The molecule has 2 N–H and O–H groups in total. The quantitative estimate of drug-likeness (QED) is 0.322. The van der Waals surface area contributed by atoms with Crippen LogP contribution in [0.25, 0.3) is 0 Å². The van der Waals surface area contributed by atoms with Crippen LogP contribution in [-0.2, 0) is 9.84 Å². The van der Waals surface area contributed by atoms with Crippen molar-refractivity contribution in [2.75, 3.05) is 18.1 Å². The summed E-state index contributed by atoms with van der Waals surface area (Å²) >= 11 is 0. The lowest BCUT2D eigenvalue weighted by atomic mass is 9.84. The minimum absolute atomic E-state index is 0. The van der Waals surface area contributed by atoms with Crippen LogP contribution in [0.3, 0.4) is 0 Å². The van der Waals surface area contributed by atoms with Crippen LogP contribution in [-0.4, -0.2) is 44.5 Å². The highest BCUT2D eigenvalue weighted by Gasteiger charge is 2.29. The molecule has 1 aliphatic heterocycles. The lowest BCUT2D eigenvalue weighted by molar-refractivity contribution is 0.291. The molecule has 3 atom stereocenters. The third-order valence-electron chi connectivity index (χ3n) is 7.03. The molecule has 0 aromatic carbocycles. The number of rotatable bonds is 5. The van der Waals surface area contributed by atoms with Crippen molar-refractivity contribution in [1.29, 1.82) is 0 Å². The molecule has 3 rings (SSSR count). The fourth-order valence-electron chi connectivity index (χ4n) is 4.98. The zero-order chi connectivity index (χ0) is 19.3. The lowest BCUT2D eigenvalue weighted by Crippen LogP contribution is -2.51. The van der Waals surface area contributed by atoms with Crippen LogP contribution >= 0.6 is 24.0 Å². The van der Waals surface area contributed by atoms with E-state index in [9.17, 15) is 8.42 Å². The van der Waals surface area contributed by atoms with Crippen molar-refractivity contribution in [3.63, 3.8) is 0 Å². The topological polar surface area (TPSA) is 70.6 Å². The van der Waals surface area contributed by atoms with Gasteiger partial charge >= 0.3 is 0 Å². The van der Waals surface area contributed by atoms with Gasteiger partial charge in [-0.3, -0.25) is 4.99 Å². The van der Waals surface area contributed by atoms with E-state index >= 15 is 0 Å². The summed E-state index contributed by atoms with van der Waals surface area (Å²) in [5, 5.41) is 7.41. The van der Waals surface area contributed by atoms with E-state index < -0.39 is 9.84 Å². The maximum absolute atomic E-state index is 11.7. The van der Waals surface area contributed by atoms with Crippen LogP contribution in [0.15, 0.2) is 4.99 Å².